The third kappa shape index (κ3) is 4.58. The Morgan fingerprint density at radius 2 is 1.67 bits per heavy atom. The average molecular weight is 403 g/mol. The first-order valence-electron chi connectivity index (χ1n) is 9.94. The molecule has 0 spiro atoms. The lowest BCUT2D eigenvalue weighted by atomic mass is 10.1. The molecule has 0 atom stereocenters. The monoisotopic (exact) mass is 403 g/mol. The smallest absolute Gasteiger partial charge is 0.253 e. The summed E-state index contributed by atoms with van der Waals surface area (Å²) in [5.41, 5.74) is 3.56. The summed E-state index contributed by atoms with van der Waals surface area (Å²) < 4.78 is 5.38. The highest BCUT2D eigenvalue weighted by Gasteiger charge is 2.12. The van der Waals surface area contributed by atoms with Crippen molar-refractivity contribution in [2.24, 2.45) is 0 Å². The van der Waals surface area contributed by atoms with Gasteiger partial charge in [0.1, 0.15) is 11.6 Å². The van der Waals surface area contributed by atoms with Crippen molar-refractivity contribution in [2.75, 3.05) is 50.6 Å². The highest BCUT2D eigenvalue weighted by Crippen LogP contribution is 2.23. The molecular formula is C23H25N5O2. The molecule has 1 aliphatic heterocycles. The Morgan fingerprint density at radius 3 is 2.27 bits per heavy atom. The Morgan fingerprint density at radius 1 is 0.933 bits per heavy atom. The van der Waals surface area contributed by atoms with E-state index in [1.165, 1.54) is 0 Å². The van der Waals surface area contributed by atoms with Gasteiger partial charge in [0.2, 0.25) is 0 Å². The number of morpholine rings is 1. The van der Waals surface area contributed by atoms with E-state index >= 15 is 0 Å². The molecule has 0 saturated carbocycles. The second-order valence-electron chi connectivity index (χ2n) is 7.34. The van der Waals surface area contributed by atoms with Gasteiger partial charge in [0.25, 0.3) is 5.91 Å². The molecule has 0 radical (unpaired) electrons. The zero-order valence-electron chi connectivity index (χ0n) is 17.2. The summed E-state index contributed by atoms with van der Waals surface area (Å²) in [5, 5.41) is 3.28. The van der Waals surface area contributed by atoms with Crippen molar-refractivity contribution in [2.45, 2.75) is 0 Å². The number of nitrogens with zero attached hydrogens (tertiary/aromatic N) is 4. The van der Waals surface area contributed by atoms with E-state index in [2.05, 4.69) is 20.2 Å². The van der Waals surface area contributed by atoms with Crippen LogP contribution in [0, 0.1) is 0 Å². The molecule has 1 amide bonds. The zero-order valence-corrected chi connectivity index (χ0v) is 17.2. The number of amides is 1. The van der Waals surface area contributed by atoms with Gasteiger partial charge in [-0.05, 0) is 42.0 Å². The van der Waals surface area contributed by atoms with Crippen LogP contribution in [0.25, 0.3) is 11.1 Å². The number of pyridine rings is 2. The summed E-state index contributed by atoms with van der Waals surface area (Å²) in [6.45, 7) is 3.22. The van der Waals surface area contributed by atoms with Crippen molar-refractivity contribution in [3.63, 3.8) is 0 Å². The van der Waals surface area contributed by atoms with Crippen LogP contribution in [0.3, 0.4) is 0 Å². The molecule has 0 unspecified atom stereocenters. The van der Waals surface area contributed by atoms with E-state index in [0.29, 0.717) is 5.56 Å². The van der Waals surface area contributed by atoms with Crippen LogP contribution in [-0.4, -0.2) is 61.2 Å². The Hall–Kier alpha value is -3.45. The molecule has 7 nitrogen and oxygen atoms in total. The van der Waals surface area contributed by atoms with Crippen LogP contribution in [0.5, 0.6) is 0 Å². The lowest BCUT2D eigenvalue weighted by Crippen LogP contribution is -2.36. The van der Waals surface area contributed by atoms with Gasteiger partial charge in [0, 0.05) is 44.5 Å². The van der Waals surface area contributed by atoms with E-state index in [4.69, 9.17) is 4.74 Å². The molecule has 0 aliphatic carbocycles. The van der Waals surface area contributed by atoms with Gasteiger partial charge in [0.05, 0.1) is 25.1 Å². The number of carbonyl (C=O) groups is 1. The summed E-state index contributed by atoms with van der Waals surface area (Å²) in [6.07, 6.45) is 3.64. The maximum Gasteiger partial charge on any atom is 0.253 e. The van der Waals surface area contributed by atoms with Crippen LogP contribution in [0.2, 0.25) is 0 Å². The Bertz CT molecular complexity index is 980. The number of anilines is 3. The third-order valence-corrected chi connectivity index (χ3v) is 4.99. The number of nitrogens with one attached hydrogen (secondary N) is 1. The minimum Gasteiger partial charge on any atom is -0.378 e. The normalized spacial score (nSPS) is 13.7. The molecule has 3 heterocycles. The van der Waals surface area contributed by atoms with Crippen molar-refractivity contribution in [3.05, 3.63) is 66.5 Å². The van der Waals surface area contributed by atoms with Crippen LogP contribution in [0.15, 0.2) is 60.9 Å². The van der Waals surface area contributed by atoms with Gasteiger partial charge in [-0.3, -0.25) is 4.79 Å². The fraction of sp³-hybridized carbons (Fsp3) is 0.261. The number of ether oxygens (including phenoxy) is 1. The standard InChI is InChI=1S/C23H25N5O2/c1-27(2)23(29)18-5-3-17(4-6-18)19-7-9-21(24-15-19)26-20-8-10-22(25-16-20)28-11-13-30-14-12-28/h3-10,15-16H,11-14H2,1-2H3,(H,24,26). The van der Waals surface area contributed by atoms with Gasteiger partial charge < -0.3 is 19.9 Å². The number of benzene rings is 1. The van der Waals surface area contributed by atoms with E-state index in [0.717, 1.165) is 54.8 Å². The topological polar surface area (TPSA) is 70.6 Å². The van der Waals surface area contributed by atoms with Gasteiger partial charge in [-0.15, -0.1) is 0 Å². The van der Waals surface area contributed by atoms with Crippen molar-refractivity contribution in [1.29, 1.82) is 0 Å². The van der Waals surface area contributed by atoms with Gasteiger partial charge in [-0.25, -0.2) is 9.97 Å². The molecule has 1 aromatic carbocycles. The minimum atomic E-state index is -0.00697. The largest absolute Gasteiger partial charge is 0.378 e. The average Bonchev–Trinajstić information content (AvgIpc) is 2.80. The second-order valence-corrected chi connectivity index (χ2v) is 7.34. The lowest BCUT2D eigenvalue weighted by Gasteiger charge is -2.27. The van der Waals surface area contributed by atoms with Gasteiger partial charge >= 0.3 is 0 Å². The SMILES string of the molecule is CN(C)C(=O)c1ccc(-c2ccc(Nc3ccc(N4CCOCC4)nc3)nc2)cc1. The van der Waals surface area contributed by atoms with Crippen molar-refractivity contribution >= 4 is 23.2 Å². The van der Waals surface area contributed by atoms with Crippen molar-refractivity contribution in [1.82, 2.24) is 14.9 Å². The molecule has 0 bridgehead atoms. The zero-order chi connectivity index (χ0) is 20.9. The molecule has 30 heavy (non-hydrogen) atoms. The first-order chi connectivity index (χ1) is 14.6. The van der Waals surface area contributed by atoms with Crippen LogP contribution in [-0.2, 0) is 4.74 Å². The number of rotatable bonds is 5. The van der Waals surface area contributed by atoms with Gasteiger partial charge in [-0.2, -0.15) is 0 Å². The summed E-state index contributed by atoms with van der Waals surface area (Å²) in [5.74, 6) is 1.70. The molecule has 3 aromatic rings. The van der Waals surface area contributed by atoms with E-state index < -0.39 is 0 Å². The number of aromatic nitrogens is 2. The summed E-state index contributed by atoms with van der Waals surface area (Å²) in [4.78, 5) is 24.9. The van der Waals surface area contributed by atoms with Gasteiger partial charge in [-0.1, -0.05) is 12.1 Å². The summed E-state index contributed by atoms with van der Waals surface area (Å²) in [6, 6.07) is 15.5. The maximum absolute atomic E-state index is 12.0. The van der Waals surface area contributed by atoms with Crippen LogP contribution in [0.1, 0.15) is 10.4 Å². The molecule has 1 aliphatic rings. The third-order valence-electron chi connectivity index (χ3n) is 4.99. The molecule has 1 saturated heterocycles. The summed E-state index contributed by atoms with van der Waals surface area (Å²) >= 11 is 0. The molecule has 1 fully saturated rings. The van der Waals surface area contributed by atoms with Crippen LogP contribution >= 0.6 is 0 Å². The second kappa shape index (κ2) is 8.92. The molecular weight excluding hydrogens is 378 g/mol. The Labute approximate surface area is 176 Å². The predicted octanol–water partition coefficient (Wildman–Crippen LogP) is 3.43. The van der Waals surface area contributed by atoms with Gasteiger partial charge in [0.15, 0.2) is 0 Å². The lowest BCUT2D eigenvalue weighted by molar-refractivity contribution is 0.0827. The Balaban J connectivity index is 1.40. The molecule has 2 aromatic heterocycles. The number of carbonyl (C=O) groups excluding carboxylic acids is 1. The van der Waals surface area contributed by atoms with Crippen LogP contribution in [0.4, 0.5) is 17.3 Å². The number of hydrogen-bond donors (Lipinski definition) is 1. The summed E-state index contributed by atoms with van der Waals surface area (Å²) in [7, 11) is 3.50. The number of hydrogen-bond acceptors (Lipinski definition) is 6. The van der Waals surface area contributed by atoms with Crippen LogP contribution < -0.4 is 10.2 Å². The molecule has 1 N–H and O–H groups in total. The first kappa shape index (κ1) is 19.8. The van der Waals surface area contributed by atoms with E-state index in [9.17, 15) is 4.79 Å². The van der Waals surface area contributed by atoms with Crippen molar-refractivity contribution < 1.29 is 9.53 Å². The predicted molar refractivity (Wildman–Crippen MR) is 118 cm³/mol. The highest BCUT2D eigenvalue weighted by atomic mass is 16.5. The molecule has 154 valence electrons. The Kier molecular flexibility index (Phi) is 5.90. The first-order valence-corrected chi connectivity index (χ1v) is 9.94. The maximum atomic E-state index is 12.0. The highest BCUT2D eigenvalue weighted by molar-refractivity contribution is 5.94. The molecule has 4 rings (SSSR count). The van der Waals surface area contributed by atoms with Crippen molar-refractivity contribution in [3.8, 4) is 11.1 Å². The van der Waals surface area contributed by atoms with E-state index in [-0.39, 0.29) is 5.91 Å². The van der Waals surface area contributed by atoms with E-state index in [1.807, 2.05) is 60.9 Å². The minimum absolute atomic E-state index is 0.00697. The van der Waals surface area contributed by atoms with E-state index in [1.54, 1.807) is 19.0 Å². The fourth-order valence-electron chi connectivity index (χ4n) is 3.29. The fourth-order valence-corrected chi connectivity index (χ4v) is 3.29. The molecule has 7 heteroatoms. The quantitative estimate of drug-likeness (QED) is 0.704.